The fourth-order valence-electron chi connectivity index (χ4n) is 2.72. The fourth-order valence-corrected chi connectivity index (χ4v) is 2.72. The van der Waals surface area contributed by atoms with Crippen molar-refractivity contribution in [3.05, 3.63) is 17.5 Å². The average molecular weight is 235 g/mol. The zero-order chi connectivity index (χ0) is 12.1. The zero-order valence-corrected chi connectivity index (χ0v) is 11.2. The summed E-state index contributed by atoms with van der Waals surface area (Å²) in [5.41, 5.74) is 2.55. The first-order valence-corrected chi connectivity index (χ1v) is 7.09. The molecule has 17 heavy (non-hydrogen) atoms. The van der Waals surface area contributed by atoms with E-state index in [2.05, 4.69) is 35.0 Å². The van der Waals surface area contributed by atoms with Gasteiger partial charge in [0.1, 0.15) is 0 Å². The Morgan fingerprint density at radius 3 is 2.76 bits per heavy atom. The molecule has 3 heteroatoms. The Hall–Kier alpha value is -0.830. The van der Waals surface area contributed by atoms with E-state index in [9.17, 15) is 0 Å². The minimum atomic E-state index is 0.915. The molecule has 0 spiro atoms. The van der Waals surface area contributed by atoms with E-state index in [1.54, 1.807) is 0 Å². The summed E-state index contributed by atoms with van der Waals surface area (Å²) in [6.07, 6.45) is 6.72. The van der Waals surface area contributed by atoms with Gasteiger partial charge in [-0.1, -0.05) is 19.8 Å². The first-order chi connectivity index (χ1) is 8.33. The molecule has 3 nitrogen and oxygen atoms in total. The van der Waals surface area contributed by atoms with E-state index in [1.807, 2.05) is 0 Å². The molecule has 0 amide bonds. The van der Waals surface area contributed by atoms with Crippen molar-refractivity contribution in [1.29, 1.82) is 0 Å². The molecule has 1 N–H and O–H groups in total. The van der Waals surface area contributed by atoms with Crippen LogP contribution in [0, 0.1) is 5.92 Å². The zero-order valence-electron chi connectivity index (χ0n) is 11.2. The highest BCUT2D eigenvalue weighted by Crippen LogP contribution is 2.23. The molecule has 0 unspecified atom stereocenters. The molecule has 1 heterocycles. The van der Waals surface area contributed by atoms with Crippen molar-refractivity contribution in [2.24, 2.45) is 5.92 Å². The molecule has 0 bridgehead atoms. The molecule has 1 saturated carbocycles. The summed E-state index contributed by atoms with van der Waals surface area (Å²) < 4.78 is 2.13. The van der Waals surface area contributed by atoms with Crippen LogP contribution in [0.15, 0.2) is 6.07 Å². The second kappa shape index (κ2) is 6.20. The molecule has 1 aliphatic carbocycles. The number of nitrogens with one attached hydrogen (secondary N) is 1. The molecule has 1 aromatic rings. The van der Waals surface area contributed by atoms with E-state index in [1.165, 1.54) is 43.6 Å². The molecule has 0 atom stereocenters. The van der Waals surface area contributed by atoms with Crippen molar-refractivity contribution >= 4 is 0 Å². The predicted octanol–water partition coefficient (Wildman–Crippen LogP) is 2.75. The largest absolute Gasteiger partial charge is 0.311 e. The summed E-state index contributed by atoms with van der Waals surface area (Å²) in [5, 5.41) is 8.17. The van der Waals surface area contributed by atoms with Crippen LogP contribution in [0.3, 0.4) is 0 Å². The lowest BCUT2D eigenvalue weighted by molar-refractivity contribution is 0.477. The molecule has 2 rings (SSSR count). The van der Waals surface area contributed by atoms with E-state index in [4.69, 9.17) is 0 Å². The van der Waals surface area contributed by atoms with E-state index >= 15 is 0 Å². The van der Waals surface area contributed by atoms with Crippen molar-refractivity contribution in [3.63, 3.8) is 0 Å². The summed E-state index contributed by atoms with van der Waals surface area (Å²) in [6, 6.07) is 2.24. The Kier molecular flexibility index (Phi) is 4.60. The molecule has 1 aromatic heterocycles. The number of nitrogens with zero attached hydrogens (tertiary/aromatic N) is 2. The van der Waals surface area contributed by atoms with E-state index in [0.29, 0.717) is 0 Å². The van der Waals surface area contributed by atoms with Crippen molar-refractivity contribution in [2.45, 2.75) is 59.0 Å². The maximum absolute atomic E-state index is 4.57. The Morgan fingerprint density at radius 2 is 2.12 bits per heavy atom. The lowest BCUT2D eigenvalue weighted by Crippen LogP contribution is -2.22. The van der Waals surface area contributed by atoms with Gasteiger partial charge in [0.25, 0.3) is 0 Å². The van der Waals surface area contributed by atoms with Crippen molar-refractivity contribution in [2.75, 3.05) is 6.54 Å². The first-order valence-electron chi connectivity index (χ1n) is 7.09. The standard InChI is InChI=1S/C14H25N3/c1-3-13-9-14(17(4-2)16-13)11-15-10-12-7-5-6-8-12/h9,12,15H,3-8,10-11H2,1-2H3. The smallest absolute Gasteiger partial charge is 0.0625 e. The van der Waals surface area contributed by atoms with Crippen LogP contribution < -0.4 is 5.32 Å². The Morgan fingerprint density at radius 1 is 1.35 bits per heavy atom. The third-order valence-corrected chi connectivity index (χ3v) is 3.79. The van der Waals surface area contributed by atoms with Gasteiger partial charge in [-0.25, -0.2) is 0 Å². The highest BCUT2D eigenvalue weighted by molar-refractivity contribution is 5.10. The van der Waals surface area contributed by atoms with Gasteiger partial charge in [0.2, 0.25) is 0 Å². The first kappa shape index (κ1) is 12.6. The van der Waals surface area contributed by atoms with Gasteiger partial charge in [-0.15, -0.1) is 0 Å². The lowest BCUT2D eigenvalue weighted by atomic mass is 10.1. The number of aryl methyl sites for hydroxylation is 2. The fraction of sp³-hybridized carbons (Fsp3) is 0.786. The monoisotopic (exact) mass is 235 g/mol. The molecule has 0 aliphatic heterocycles. The van der Waals surface area contributed by atoms with Gasteiger partial charge < -0.3 is 5.32 Å². The van der Waals surface area contributed by atoms with Crippen molar-refractivity contribution in [3.8, 4) is 0 Å². The van der Waals surface area contributed by atoms with Gasteiger partial charge in [-0.05, 0) is 44.7 Å². The Bertz CT molecular complexity index is 337. The van der Waals surface area contributed by atoms with E-state index in [-0.39, 0.29) is 0 Å². The molecule has 1 fully saturated rings. The van der Waals surface area contributed by atoms with Crippen molar-refractivity contribution < 1.29 is 0 Å². The minimum absolute atomic E-state index is 0.915. The minimum Gasteiger partial charge on any atom is -0.311 e. The van der Waals surface area contributed by atoms with Gasteiger partial charge in [-0.2, -0.15) is 5.10 Å². The lowest BCUT2D eigenvalue weighted by Gasteiger charge is -2.11. The maximum atomic E-state index is 4.57. The normalized spacial score (nSPS) is 16.8. The molecule has 0 saturated heterocycles. The summed E-state index contributed by atoms with van der Waals surface area (Å²) in [6.45, 7) is 7.44. The van der Waals surface area contributed by atoms with Gasteiger partial charge in [0.15, 0.2) is 0 Å². The SMILES string of the molecule is CCc1cc(CNCC2CCCC2)n(CC)n1. The highest BCUT2D eigenvalue weighted by Gasteiger charge is 2.14. The summed E-state index contributed by atoms with van der Waals surface area (Å²) in [4.78, 5) is 0. The van der Waals surface area contributed by atoms with Crippen LogP contribution in [0.4, 0.5) is 0 Å². The van der Waals surface area contributed by atoms with Crippen LogP contribution in [-0.2, 0) is 19.5 Å². The van der Waals surface area contributed by atoms with Gasteiger partial charge in [0, 0.05) is 13.1 Å². The van der Waals surface area contributed by atoms with E-state index in [0.717, 1.165) is 25.4 Å². The van der Waals surface area contributed by atoms with Gasteiger partial charge >= 0.3 is 0 Å². The third-order valence-electron chi connectivity index (χ3n) is 3.79. The van der Waals surface area contributed by atoms with Crippen molar-refractivity contribution in [1.82, 2.24) is 15.1 Å². The third kappa shape index (κ3) is 3.32. The summed E-state index contributed by atoms with van der Waals surface area (Å²) >= 11 is 0. The number of rotatable bonds is 6. The topological polar surface area (TPSA) is 29.9 Å². The molecule has 1 aliphatic rings. The van der Waals surface area contributed by atoms with Crippen LogP contribution >= 0.6 is 0 Å². The van der Waals surface area contributed by atoms with Crippen LogP contribution in [0.5, 0.6) is 0 Å². The predicted molar refractivity (Wildman–Crippen MR) is 70.9 cm³/mol. The van der Waals surface area contributed by atoms with Crippen LogP contribution in [-0.4, -0.2) is 16.3 Å². The highest BCUT2D eigenvalue weighted by atomic mass is 15.3. The second-order valence-electron chi connectivity index (χ2n) is 5.08. The molecular formula is C14H25N3. The second-order valence-corrected chi connectivity index (χ2v) is 5.08. The van der Waals surface area contributed by atoms with Gasteiger partial charge in [-0.3, -0.25) is 4.68 Å². The molecule has 0 aromatic carbocycles. The van der Waals surface area contributed by atoms with Crippen LogP contribution in [0.1, 0.15) is 50.9 Å². The average Bonchev–Trinajstić information content (AvgIpc) is 2.98. The number of hydrogen-bond acceptors (Lipinski definition) is 2. The summed E-state index contributed by atoms with van der Waals surface area (Å²) in [5.74, 6) is 0.915. The number of aromatic nitrogens is 2. The van der Waals surface area contributed by atoms with E-state index < -0.39 is 0 Å². The summed E-state index contributed by atoms with van der Waals surface area (Å²) in [7, 11) is 0. The molecule has 96 valence electrons. The Balaban J connectivity index is 1.82. The quantitative estimate of drug-likeness (QED) is 0.821. The van der Waals surface area contributed by atoms with Crippen LogP contribution in [0.25, 0.3) is 0 Å². The maximum Gasteiger partial charge on any atom is 0.0625 e. The van der Waals surface area contributed by atoms with Gasteiger partial charge in [0.05, 0.1) is 11.4 Å². The number of hydrogen-bond donors (Lipinski definition) is 1. The molecule has 0 radical (unpaired) electrons. The van der Waals surface area contributed by atoms with Crippen LogP contribution in [0.2, 0.25) is 0 Å². The Labute approximate surface area is 105 Å². The molecular weight excluding hydrogens is 210 g/mol.